The Kier molecular flexibility index (Phi) is 5.33. The molecule has 0 unspecified atom stereocenters. The molecule has 0 radical (unpaired) electrons. The first-order valence-electron chi connectivity index (χ1n) is 8.57. The number of hydrogen-bond acceptors (Lipinski definition) is 8. The predicted molar refractivity (Wildman–Crippen MR) is 111 cm³/mol. The molecule has 0 fully saturated rings. The summed E-state index contributed by atoms with van der Waals surface area (Å²) in [5.74, 6) is -3.41. The Morgan fingerprint density at radius 2 is 0.833 bits per heavy atom. The summed E-state index contributed by atoms with van der Waals surface area (Å²) >= 11 is 0. The molecule has 0 amide bonds. The van der Waals surface area contributed by atoms with Crippen LogP contribution in [0.4, 0.5) is 0 Å². The Balaban J connectivity index is 2.00. The summed E-state index contributed by atoms with van der Waals surface area (Å²) in [6, 6.07) is 7.20. The van der Waals surface area contributed by atoms with E-state index in [0.29, 0.717) is 5.56 Å². The second-order valence-electron chi connectivity index (χ2n) is 6.45. The van der Waals surface area contributed by atoms with Crippen LogP contribution in [0.1, 0.15) is 22.3 Å². The maximum absolute atomic E-state index is 10.5. The van der Waals surface area contributed by atoms with Crippen molar-refractivity contribution in [2.75, 3.05) is 0 Å². The van der Waals surface area contributed by atoms with Crippen LogP contribution < -0.4 is 0 Å². The van der Waals surface area contributed by atoms with E-state index < -0.39 is 34.5 Å². The summed E-state index contributed by atoms with van der Waals surface area (Å²) in [6.07, 6.45) is 5.39. The molecule has 0 saturated heterocycles. The van der Waals surface area contributed by atoms with Gasteiger partial charge in [-0.25, -0.2) is 0 Å². The van der Waals surface area contributed by atoms with Crippen LogP contribution in [0.2, 0.25) is 0 Å². The molecule has 0 aliphatic rings. The molecule has 154 valence electrons. The van der Waals surface area contributed by atoms with Gasteiger partial charge in [-0.1, -0.05) is 12.2 Å². The maximum atomic E-state index is 10.5. The molecule has 0 bridgehead atoms. The smallest absolute Gasteiger partial charge is 0.200 e. The maximum Gasteiger partial charge on any atom is 0.200 e. The minimum absolute atomic E-state index is 0.0355. The molecule has 8 nitrogen and oxygen atoms in total. The molecule has 3 aromatic carbocycles. The molecule has 8 heteroatoms. The lowest BCUT2D eigenvalue weighted by Crippen LogP contribution is -1.84. The second kappa shape index (κ2) is 7.88. The van der Waals surface area contributed by atoms with Gasteiger partial charge in [0.05, 0.1) is 11.1 Å². The Morgan fingerprint density at radius 1 is 0.400 bits per heavy atom. The van der Waals surface area contributed by atoms with E-state index in [1.165, 1.54) is 36.4 Å². The predicted octanol–water partition coefficient (Wildman–Crippen LogP) is 3.67. The fraction of sp³-hybridized carbons (Fsp3) is 0. The lowest BCUT2D eigenvalue weighted by atomic mass is 10.0. The average Bonchev–Trinajstić information content (AvgIpc) is 2.64. The molecular formula is C22H18O8. The first kappa shape index (κ1) is 20.3. The van der Waals surface area contributed by atoms with Gasteiger partial charge in [0.15, 0.2) is 17.2 Å². The van der Waals surface area contributed by atoms with Crippen LogP contribution in [0.3, 0.4) is 0 Å². The Morgan fingerprint density at radius 3 is 1.30 bits per heavy atom. The van der Waals surface area contributed by atoms with Crippen LogP contribution in [0.5, 0.6) is 46.0 Å². The number of phenols is 8. The van der Waals surface area contributed by atoms with E-state index in [1.54, 1.807) is 0 Å². The quantitative estimate of drug-likeness (QED) is 0.239. The van der Waals surface area contributed by atoms with E-state index in [2.05, 4.69) is 0 Å². The molecule has 0 spiro atoms. The van der Waals surface area contributed by atoms with Crippen molar-refractivity contribution in [3.05, 3.63) is 58.7 Å². The highest BCUT2D eigenvalue weighted by atomic mass is 16.3. The fourth-order valence-corrected chi connectivity index (χ4v) is 2.80. The molecule has 0 heterocycles. The van der Waals surface area contributed by atoms with Crippen LogP contribution in [-0.2, 0) is 0 Å². The number of hydrogen-bond donors (Lipinski definition) is 8. The molecule has 0 atom stereocenters. The van der Waals surface area contributed by atoms with Crippen molar-refractivity contribution in [3.63, 3.8) is 0 Å². The van der Waals surface area contributed by atoms with Crippen LogP contribution in [0.15, 0.2) is 36.4 Å². The SMILES string of the molecule is Oc1cc(O)cc(/C=C/c2c(O)cc(O)c(/C=C/c3cc(O)c(O)c(O)c3)c2O)c1. The highest BCUT2D eigenvalue weighted by Gasteiger charge is 2.14. The van der Waals surface area contributed by atoms with Crippen molar-refractivity contribution >= 4 is 24.3 Å². The highest BCUT2D eigenvalue weighted by molar-refractivity contribution is 5.84. The van der Waals surface area contributed by atoms with E-state index >= 15 is 0 Å². The van der Waals surface area contributed by atoms with Crippen LogP contribution in [-0.4, -0.2) is 40.9 Å². The van der Waals surface area contributed by atoms with Crippen LogP contribution in [0, 0.1) is 0 Å². The first-order valence-corrected chi connectivity index (χ1v) is 8.57. The second-order valence-corrected chi connectivity index (χ2v) is 6.45. The van der Waals surface area contributed by atoms with Gasteiger partial charge in [-0.05, 0) is 47.5 Å². The molecule has 0 saturated carbocycles. The van der Waals surface area contributed by atoms with Crippen molar-refractivity contribution in [2.45, 2.75) is 0 Å². The fourth-order valence-electron chi connectivity index (χ4n) is 2.80. The third kappa shape index (κ3) is 4.17. The zero-order valence-electron chi connectivity index (χ0n) is 15.4. The van der Waals surface area contributed by atoms with E-state index in [1.807, 2.05) is 0 Å². The third-order valence-electron chi connectivity index (χ3n) is 4.24. The average molecular weight is 410 g/mol. The zero-order valence-corrected chi connectivity index (χ0v) is 15.4. The van der Waals surface area contributed by atoms with Gasteiger partial charge in [0.25, 0.3) is 0 Å². The van der Waals surface area contributed by atoms with Gasteiger partial charge in [0.2, 0.25) is 0 Å². The van der Waals surface area contributed by atoms with E-state index in [-0.39, 0.29) is 28.2 Å². The van der Waals surface area contributed by atoms with Gasteiger partial charge in [-0.2, -0.15) is 0 Å². The number of phenolic OH excluding ortho intramolecular Hbond substituents is 8. The summed E-state index contributed by atoms with van der Waals surface area (Å²) < 4.78 is 0. The summed E-state index contributed by atoms with van der Waals surface area (Å²) in [5, 5.41) is 78.3. The molecule has 0 aliphatic carbocycles. The van der Waals surface area contributed by atoms with Crippen LogP contribution >= 0.6 is 0 Å². The molecule has 0 aliphatic heterocycles. The van der Waals surface area contributed by atoms with Crippen molar-refractivity contribution in [2.24, 2.45) is 0 Å². The Hall–Kier alpha value is -4.46. The van der Waals surface area contributed by atoms with Gasteiger partial charge in [-0.3, -0.25) is 0 Å². The molecule has 3 aromatic rings. The summed E-state index contributed by atoms with van der Waals surface area (Å²) in [4.78, 5) is 0. The van der Waals surface area contributed by atoms with Crippen molar-refractivity contribution < 1.29 is 40.9 Å². The van der Waals surface area contributed by atoms with Crippen molar-refractivity contribution in [1.29, 1.82) is 0 Å². The summed E-state index contributed by atoms with van der Waals surface area (Å²) in [7, 11) is 0. The lowest BCUT2D eigenvalue weighted by Gasteiger charge is -2.09. The standard InChI is InChI=1S/C22H18O8/c23-13-5-11(6-14(24)9-13)1-3-15-17(25)10-18(26)16(21(15)29)4-2-12-7-19(27)22(30)20(28)8-12/h1-10,23-30H/b3-1+,4-2+. The number of aromatic hydroxyl groups is 8. The number of benzene rings is 3. The van der Waals surface area contributed by atoms with E-state index in [4.69, 9.17) is 0 Å². The third-order valence-corrected chi connectivity index (χ3v) is 4.24. The van der Waals surface area contributed by atoms with Gasteiger partial charge < -0.3 is 40.9 Å². The van der Waals surface area contributed by atoms with Gasteiger partial charge in [0, 0.05) is 12.1 Å². The molecule has 0 aromatic heterocycles. The minimum Gasteiger partial charge on any atom is -0.508 e. The monoisotopic (exact) mass is 410 g/mol. The molecule has 30 heavy (non-hydrogen) atoms. The Labute approximate surface area is 170 Å². The molecular weight excluding hydrogens is 392 g/mol. The summed E-state index contributed by atoms with van der Waals surface area (Å²) in [5.41, 5.74) is 0.568. The Bertz CT molecular complexity index is 1130. The minimum atomic E-state index is -0.673. The van der Waals surface area contributed by atoms with Gasteiger partial charge in [0.1, 0.15) is 28.7 Å². The van der Waals surface area contributed by atoms with Gasteiger partial charge >= 0.3 is 0 Å². The van der Waals surface area contributed by atoms with Crippen molar-refractivity contribution in [3.8, 4) is 46.0 Å². The topological polar surface area (TPSA) is 162 Å². The van der Waals surface area contributed by atoms with Crippen molar-refractivity contribution in [1.82, 2.24) is 0 Å². The molecule has 8 N–H and O–H groups in total. The summed E-state index contributed by atoms with van der Waals surface area (Å²) in [6.45, 7) is 0. The normalized spacial score (nSPS) is 11.5. The van der Waals surface area contributed by atoms with E-state index in [9.17, 15) is 40.9 Å². The zero-order chi connectivity index (χ0) is 22.0. The first-order chi connectivity index (χ1) is 14.2. The molecule has 3 rings (SSSR count). The van der Waals surface area contributed by atoms with Gasteiger partial charge in [-0.15, -0.1) is 0 Å². The highest BCUT2D eigenvalue weighted by Crippen LogP contribution is 2.41. The van der Waals surface area contributed by atoms with Crippen LogP contribution in [0.25, 0.3) is 24.3 Å². The van der Waals surface area contributed by atoms with E-state index in [0.717, 1.165) is 24.3 Å². The number of rotatable bonds is 4. The lowest BCUT2D eigenvalue weighted by molar-refractivity contribution is 0.368. The largest absolute Gasteiger partial charge is 0.508 e.